The maximum atomic E-state index is 10.4. The lowest BCUT2D eigenvalue weighted by Crippen LogP contribution is -2.13. The number of hydrogen-bond donors (Lipinski definition) is 3. The number of rotatable bonds is 5. The minimum atomic E-state index is -0.780. The molecule has 0 amide bonds. The molecule has 0 spiro atoms. The molecule has 0 saturated heterocycles. The van der Waals surface area contributed by atoms with Gasteiger partial charge in [-0.3, -0.25) is 0 Å². The van der Waals surface area contributed by atoms with Crippen molar-refractivity contribution in [3.05, 3.63) is 78.5 Å². The Labute approximate surface area is 165 Å². The highest BCUT2D eigenvalue weighted by molar-refractivity contribution is 5.82. The standard InChI is InChI=1S/C22H18N4O3/c27-16-6-3-5-14(10-16)18(28)13-23-21-8-9-22-24-12-17(26(22)25-21)20-11-15-4-1-2-7-19(15)29-20/h1-12,18,27-28H,13H2,(H,23,25). The molecule has 144 valence electrons. The Bertz CT molecular complexity index is 1270. The Kier molecular flexibility index (Phi) is 4.14. The molecule has 5 rings (SSSR count). The summed E-state index contributed by atoms with van der Waals surface area (Å²) in [4.78, 5) is 4.39. The van der Waals surface area contributed by atoms with Gasteiger partial charge < -0.3 is 19.9 Å². The van der Waals surface area contributed by atoms with Gasteiger partial charge in [0.25, 0.3) is 0 Å². The molecule has 0 aliphatic heterocycles. The molecule has 0 radical (unpaired) electrons. The number of nitrogens with one attached hydrogen (secondary N) is 1. The summed E-state index contributed by atoms with van der Waals surface area (Å²) in [6, 6.07) is 20.0. The number of aromatic nitrogens is 3. The predicted octanol–water partition coefficient (Wildman–Crippen LogP) is 3.99. The fourth-order valence-corrected chi connectivity index (χ4v) is 3.29. The highest BCUT2D eigenvalue weighted by Crippen LogP contribution is 2.28. The summed E-state index contributed by atoms with van der Waals surface area (Å²) in [6.45, 7) is 0.247. The summed E-state index contributed by atoms with van der Waals surface area (Å²) in [6.07, 6.45) is 0.947. The topological polar surface area (TPSA) is 95.8 Å². The first-order valence-corrected chi connectivity index (χ1v) is 9.22. The second-order valence-corrected chi connectivity index (χ2v) is 6.77. The molecule has 0 bridgehead atoms. The van der Waals surface area contributed by atoms with Gasteiger partial charge in [0.1, 0.15) is 22.8 Å². The molecule has 0 aliphatic carbocycles. The first kappa shape index (κ1) is 17.3. The van der Waals surface area contributed by atoms with Crippen LogP contribution in [0.15, 0.2) is 77.3 Å². The number of hydrogen-bond acceptors (Lipinski definition) is 6. The van der Waals surface area contributed by atoms with Crippen molar-refractivity contribution in [2.75, 3.05) is 11.9 Å². The maximum Gasteiger partial charge on any atom is 0.155 e. The number of aliphatic hydroxyl groups excluding tert-OH is 1. The predicted molar refractivity (Wildman–Crippen MR) is 110 cm³/mol. The van der Waals surface area contributed by atoms with Crippen LogP contribution < -0.4 is 5.32 Å². The van der Waals surface area contributed by atoms with Crippen LogP contribution in [-0.2, 0) is 0 Å². The molecular formula is C22H18N4O3. The lowest BCUT2D eigenvalue weighted by Gasteiger charge is -2.13. The van der Waals surface area contributed by atoms with Gasteiger partial charge in [-0.2, -0.15) is 0 Å². The number of phenols is 1. The number of para-hydroxylation sites is 1. The Morgan fingerprint density at radius 2 is 1.93 bits per heavy atom. The van der Waals surface area contributed by atoms with Crippen LogP contribution in [0.5, 0.6) is 5.75 Å². The first-order valence-electron chi connectivity index (χ1n) is 9.22. The smallest absolute Gasteiger partial charge is 0.155 e. The Hall–Kier alpha value is -3.84. The molecule has 2 aromatic carbocycles. The van der Waals surface area contributed by atoms with Gasteiger partial charge in [-0.1, -0.05) is 30.3 Å². The minimum Gasteiger partial charge on any atom is -0.508 e. The van der Waals surface area contributed by atoms with E-state index in [1.165, 1.54) is 0 Å². The molecule has 3 heterocycles. The van der Waals surface area contributed by atoms with E-state index in [4.69, 9.17) is 4.42 Å². The van der Waals surface area contributed by atoms with Crippen molar-refractivity contribution in [3.8, 4) is 17.2 Å². The molecule has 0 saturated carbocycles. The molecule has 7 heteroatoms. The zero-order valence-electron chi connectivity index (χ0n) is 15.4. The van der Waals surface area contributed by atoms with Gasteiger partial charge in [-0.25, -0.2) is 9.50 Å². The SMILES string of the molecule is Oc1cccc(C(O)CNc2ccc3ncc(-c4cc5ccccc5o4)n3n2)c1. The molecule has 29 heavy (non-hydrogen) atoms. The zero-order chi connectivity index (χ0) is 19.8. The third-order valence-electron chi connectivity index (χ3n) is 4.77. The summed E-state index contributed by atoms with van der Waals surface area (Å²) in [5, 5.41) is 28.7. The quantitative estimate of drug-likeness (QED) is 0.423. The fraction of sp³-hybridized carbons (Fsp3) is 0.0909. The number of imidazole rings is 1. The largest absolute Gasteiger partial charge is 0.508 e. The van der Waals surface area contributed by atoms with Crippen LogP contribution in [-0.4, -0.2) is 31.4 Å². The lowest BCUT2D eigenvalue weighted by atomic mass is 10.1. The Morgan fingerprint density at radius 1 is 1.03 bits per heavy atom. The molecule has 5 aromatic rings. The van der Waals surface area contributed by atoms with Crippen LogP contribution in [0.2, 0.25) is 0 Å². The Balaban J connectivity index is 1.42. The Morgan fingerprint density at radius 3 is 2.79 bits per heavy atom. The zero-order valence-corrected chi connectivity index (χ0v) is 15.4. The van der Waals surface area contributed by atoms with Crippen LogP contribution in [0.4, 0.5) is 5.82 Å². The van der Waals surface area contributed by atoms with E-state index in [0.717, 1.165) is 16.7 Å². The van der Waals surface area contributed by atoms with Gasteiger partial charge in [-0.15, -0.1) is 5.10 Å². The van der Waals surface area contributed by atoms with Gasteiger partial charge >= 0.3 is 0 Å². The van der Waals surface area contributed by atoms with E-state index >= 15 is 0 Å². The van der Waals surface area contributed by atoms with Crippen molar-refractivity contribution >= 4 is 22.4 Å². The van der Waals surface area contributed by atoms with Crippen molar-refractivity contribution in [1.29, 1.82) is 0 Å². The van der Waals surface area contributed by atoms with Gasteiger partial charge in [0.2, 0.25) is 0 Å². The molecule has 0 fully saturated rings. The van der Waals surface area contributed by atoms with Gasteiger partial charge in [0.05, 0.1) is 12.3 Å². The van der Waals surface area contributed by atoms with Crippen LogP contribution in [0.3, 0.4) is 0 Å². The van der Waals surface area contributed by atoms with Crippen molar-refractivity contribution in [3.63, 3.8) is 0 Å². The maximum absolute atomic E-state index is 10.4. The molecule has 1 atom stereocenters. The monoisotopic (exact) mass is 386 g/mol. The second kappa shape index (κ2) is 6.96. The normalized spacial score (nSPS) is 12.4. The summed E-state index contributed by atoms with van der Waals surface area (Å²) in [5.41, 5.74) is 2.87. The number of nitrogens with zero attached hydrogens (tertiary/aromatic N) is 3. The number of benzene rings is 2. The first-order chi connectivity index (χ1) is 14.2. The third-order valence-corrected chi connectivity index (χ3v) is 4.77. The average Bonchev–Trinajstić information content (AvgIpc) is 3.35. The molecule has 7 nitrogen and oxygen atoms in total. The number of aromatic hydroxyl groups is 1. The number of aliphatic hydroxyl groups is 1. The van der Waals surface area contributed by atoms with Gasteiger partial charge in [-0.05, 0) is 42.0 Å². The summed E-state index contributed by atoms with van der Waals surface area (Å²) in [5.74, 6) is 1.39. The average molecular weight is 386 g/mol. The number of anilines is 1. The van der Waals surface area contributed by atoms with E-state index in [0.29, 0.717) is 22.8 Å². The van der Waals surface area contributed by atoms with E-state index in [9.17, 15) is 10.2 Å². The molecule has 1 unspecified atom stereocenters. The molecule has 3 N–H and O–H groups in total. The van der Waals surface area contributed by atoms with Gasteiger partial charge in [0.15, 0.2) is 11.4 Å². The number of phenolic OH excluding ortho intramolecular Hbond substituents is 1. The molecule has 0 aliphatic rings. The third kappa shape index (κ3) is 3.28. The van der Waals surface area contributed by atoms with Crippen molar-refractivity contribution in [2.24, 2.45) is 0 Å². The van der Waals surface area contributed by atoms with E-state index in [1.807, 2.05) is 36.4 Å². The van der Waals surface area contributed by atoms with E-state index in [1.54, 1.807) is 41.0 Å². The van der Waals surface area contributed by atoms with E-state index in [2.05, 4.69) is 15.4 Å². The summed E-state index contributed by atoms with van der Waals surface area (Å²) < 4.78 is 7.65. The highest BCUT2D eigenvalue weighted by atomic mass is 16.3. The van der Waals surface area contributed by atoms with Crippen LogP contribution in [0.25, 0.3) is 28.1 Å². The second-order valence-electron chi connectivity index (χ2n) is 6.77. The van der Waals surface area contributed by atoms with E-state index < -0.39 is 6.10 Å². The lowest BCUT2D eigenvalue weighted by molar-refractivity contribution is 0.191. The van der Waals surface area contributed by atoms with E-state index in [-0.39, 0.29) is 12.3 Å². The van der Waals surface area contributed by atoms with Crippen molar-refractivity contribution in [2.45, 2.75) is 6.10 Å². The van der Waals surface area contributed by atoms with Crippen LogP contribution >= 0.6 is 0 Å². The van der Waals surface area contributed by atoms with Crippen LogP contribution in [0.1, 0.15) is 11.7 Å². The molecule has 3 aromatic heterocycles. The molecular weight excluding hydrogens is 368 g/mol. The summed E-state index contributed by atoms with van der Waals surface area (Å²) in [7, 11) is 0. The van der Waals surface area contributed by atoms with Crippen molar-refractivity contribution in [1.82, 2.24) is 14.6 Å². The highest BCUT2D eigenvalue weighted by Gasteiger charge is 2.13. The number of furan rings is 1. The van der Waals surface area contributed by atoms with Crippen LogP contribution in [0, 0.1) is 0 Å². The number of fused-ring (bicyclic) bond motifs is 2. The summed E-state index contributed by atoms with van der Waals surface area (Å²) >= 11 is 0. The van der Waals surface area contributed by atoms with Crippen molar-refractivity contribution < 1.29 is 14.6 Å². The van der Waals surface area contributed by atoms with Gasteiger partial charge in [0, 0.05) is 11.9 Å². The minimum absolute atomic E-state index is 0.120. The fourth-order valence-electron chi connectivity index (χ4n) is 3.29.